The number of esters is 1. The lowest BCUT2D eigenvalue weighted by molar-refractivity contribution is -0.151. The average molecular weight is 426 g/mol. The Kier molecular flexibility index (Phi) is 7.12. The van der Waals surface area contributed by atoms with Gasteiger partial charge in [0.1, 0.15) is 11.5 Å². The molecule has 1 aliphatic heterocycles. The molecule has 0 unspecified atom stereocenters. The van der Waals surface area contributed by atoms with E-state index in [1.807, 2.05) is 24.3 Å². The van der Waals surface area contributed by atoms with E-state index in [0.717, 1.165) is 12.1 Å². The summed E-state index contributed by atoms with van der Waals surface area (Å²) < 4.78 is 15.5. The topological polar surface area (TPSA) is 94.2 Å². The van der Waals surface area contributed by atoms with Gasteiger partial charge in [-0.3, -0.25) is 14.4 Å². The minimum absolute atomic E-state index is 0.0578. The monoisotopic (exact) mass is 426 g/mol. The second-order valence-electron chi connectivity index (χ2n) is 7.15. The molecular formula is C23H26N2O6. The van der Waals surface area contributed by atoms with Crippen LogP contribution in [-0.4, -0.2) is 45.2 Å². The highest BCUT2D eigenvalue weighted by atomic mass is 16.5. The van der Waals surface area contributed by atoms with Gasteiger partial charge in [-0.2, -0.15) is 0 Å². The van der Waals surface area contributed by atoms with Crippen LogP contribution in [0.3, 0.4) is 0 Å². The number of carbonyl (C=O) groups is 3. The summed E-state index contributed by atoms with van der Waals surface area (Å²) in [5.74, 6) is -0.822. The zero-order valence-corrected chi connectivity index (χ0v) is 17.8. The number of amides is 2. The molecule has 1 aliphatic rings. The molecule has 0 aliphatic carbocycles. The fourth-order valence-electron chi connectivity index (χ4n) is 3.37. The van der Waals surface area contributed by atoms with Crippen molar-refractivity contribution < 1.29 is 28.6 Å². The molecule has 0 radical (unpaired) electrons. The van der Waals surface area contributed by atoms with E-state index in [4.69, 9.17) is 14.2 Å². The molecule has 2 aromatic rings. The van der Waals surface area contributed by atoms with E-state index in [0.29, 0.717) is 17.2 Å². The number of hydrogen-bond donors (Lipinski definition) is 1. The van der Waals surface area contributed by atoms with Crippen molar-refractivity contribution in [3.63, 3.8) is 0 Å². The van der Waals surface area contributed by atoms with E-state index < -0.39 is 24.4 Å². The van der Waals surface area contributed by atoms with Crippen LogP contribution in [0.2, 0.25) is 0 Å². The standard InChI is InChI=1S/C23H26N2O6/c1-4-15-5-7-17(8-6-15)25-13-16(11-22(25)27)23(28)31-14-21(26)24-19-10-9-18(29-2)12-20(19)30-3/h5-10,12,16H,4,11,13-14H2,1-3H3,(H,24,26)/t16-/m0/s1. The number of ether oxygens (including phenoxy) is 3. The third kappa shape index (κ3) is 5.33. The van der Waals surface area contributed by atoms with Crippen LogP contribution in [0.25, 0.3) is 0 Å². The summed E-state index contributed by atoms with van der Waals surface area (Å²) in [6.07, 6.45) is 0.968. The van der Waals surface area contributed by atoms with Crippen molar-refractivity contribution in [3.05, 3.63) is 48.0 Å². The number of carbonyl (C=O) groups excluding carboxylic acids is 3. The molecule has 31 heavy (non-hydrogen) atoms. The van der Waals surface area contributed by atoms with E-state index in [1.54, 1.807) is 23.1 Å². The van der Waals surface area contributed by atoms with Crippen LogP contribution >= 0.6 is 0 Å². The molecule has 1 atom stereocenters. The molecule has 8 nitrogen and oxygen atoms in total. The van der Waals surface area contributed by atoms with Crippen LogP contribution in [0, 0.1) is 5.92 Å². The Labute approximate surface area is 181 Å². The summed E-state index contributed by atoms with van der Waals surface area (Å²) in [6, 6.07) is 12.6. The van der Waals surface area contributed by atoms with Crippen LogP contribution in [-0.2, 0) is 25.5 Å². The molecule has 3 rings (SSSR count). The number of hydrogen-bond acceptors (Lipinski definition) is 6. The summed E-state index contributed by atoms with van der Waals surface area (Å²) >= 11 is 0. The number of nitrogens with one attached hydrogen (secondary N) is 1. The second-order valence-corrected chi connectivity index (χ2v) is 7.15. The maximum atomic E-state index is 12.4. The number of nitrogens with zero attached hydrogens (tertiary/aromatic N) is 1. The van der Waals surface area contributed by atoms with Crippen LogP contribution in [0.1, 0.15) is 18.9 Å². The van der Waals surface area contributed by atoms with E-state index >= 15 is 0 Å². The fourth-order valence-corrected chi connectivity index (χ4v) is 3.37. The van der Waals surface area contributed by atoms with Gasteiger partial charge in [0.05, 0.1) is 25.8 Å². The molecule has 2 aromatic carbocycles. The van der Waals surface area contributed by atoms with Crippen molar-refractivity contribution in [3.8, 4) is 11.5 Å². The van der Waals surface area contributed by atoms with Crippen molar-refractivity contribution in [1.82, 2.24) is 0 Å². The third-order valence-corrected chi connectivity index (χ3v) is 5.14. The van der Waals surface area contributed by atoms with Crippen LogP contribution in [0.15, 0.2) is 42.5 Å². The van der Waals surface area contributed by atoms with Crippen molar-refractivity contribution in [1.29, 1.82) is 0 Å². The van der Waals surface area contributed by atoms with Gasteiger partial charge in [0.15, 0.2) is 6.61 Å². The van der Waals surface area contributed by atoms with Gasteiger partial charge in [0.25, 0.3) is 5.91 Å². The van der Waals surface area contributed by atoms with E-state index in [1.165, 1.54) is 19.8 Å². The number of rotatable bonds is 8. The summed E-state index contributed by atoms with van der Waals surface area (Å²) in [6.45, 7) is 1.84. The molecule has 0 saturated carbocycles. The molecular weight excluding hydrogens is 400 g/mol. The molecule has 1 N–H and O–H groups in total. The lowest BCUT2D eigenvalue weighted by Gasteiger charge is -2.17. The highest BCUT2D eigenvalue weighted by Crippen LogP contribution is 2.29. The maximum absolute atomic E-state index is 12.4. The lowest BCUT2D eigenvalue weighted by Crippen LogP contribution is -2.28. The first-order valence-corrected chi connectivity index (χ1v) is 10.0. The second kappa shape index (κ2) is 9.97. The summed E-state index contributed by atoms with van der Waals surface area (Å²) in [5, 5.41) is 2.64. The first-order valence-electron chi connectivity index (χ1n) is 10.0. The molecule has 0 spiro atoms. The Morgan fingerprint density at radius 3 is 2.48 bits per heavy atom. The average Bonchev–Trinajstić information content (AvgIpc) is 3.19. The van der Waals surface area contributed by atoms with Crippen molar-refractivity contribution >= 4 is 29.2 Å². The molecule has 1 fully saturated rings. The Hall–Kier alpha value is -3.55. The van der Waals surface area contributed by atoms with Crippen LogP contribution in [0.5, 0.6) is 11.5 Å². The van der Waals surface area contributed by atoms with Gasteiger partial charge in [-0.1, -0.05) is 19.1 Å². The van der Waals surface area contributed by atoms with Crippen LogP contribution in [0.4, 0.5) is 11.4 Å². The molecule has 0 aromatic heterocycles. The lowest BCUT2D eigenvalue weighted by atomic mass is 10.1. The quantitative estimate of drug-likeness (QED) is 0.653. The highest BCUT2D eigenvalue weighted by molar-refractivity contribution is 6.00. The zero-order chi connectivity index (χ0) is 22.4. The Morgan fingerprint density at radius 1 is 1.10 bits per heavy atom. The molecule has 0 bridgehead atoms. The Bertz CT molecular complexity index is 957. The molecule has 1 heterocycles. The molecule has 8 heteroatoms. The number of benzene rings is 2. The zero-order valence-electron chi connectivity index (χ0n) is 17.8. The van der Waals surface area contributed by atoms with Crippen molar-refractivity contribution in [2.24, 2.45) is 5.92 Å². The van der Waals surface area contributed by atoms with Gasteiger partial charge >= 0.3 is 5.97 Å². The Balaban J connectivity index is 1.53. The Morgan fingerprint density at radius 2 is 1.84 bits per heavy atom. The van der Waals surface area contributed by atoms with Crippen molar-refractivity contribution in [2.45, 2.75) is 19.8 Å². The van der Waals surface area contributed by atoms with Gasteiger partial charge in [0.2, 0.25) is 5.91 Å². The van der Waals surface area contributed by atoms with Gasteiger partial charge in [-0.25, -0.2) is 0 Å². The number of anilines is 2. The third-order valence-electron chi connectivity index (χ3n) is 5.14. The van der Waals surface area contributed by atoms with E-state index in [9.17, 15) is 14.4 Å². The minimum Gasteiger partial charge on any atom is -0.497 e. The van der Waals surface area contributed by atoms with Gasteiger partial charge in [0, 0.05) is 24.7 Å². The molecule has 2 amide bonds. The minimum atomic E-state index is -0.610. The highest BCUT2D eigenvalue weighted by Gasteiger charge is 2.36. The van der Waals surface area contributed by atoms with Gasteiger partial charge < -0.3 is 24.4 Å². The SMILES string of the molecule is CCc1ccc(N2C[C@@H](C(=O)OCC(=O)Nc3ccc(OC)cc3OC)CC2=O)cc1. The van der Waals surface area contributed by atoms with E-state index in [2.05, 4.69) is 12.2 Å². The maximum Gasteiger partial charge on any atom is 0.311 e. The fraction of sp³-hybridized carbons (Fsp3) is 0.348. The van der Waals surface area contributed by atoms with Crippen LogP contribution < -0.4 is 19.7 Å². The number of aryl methyl sites for hydroxylation is 1. The smallest absolute Gasteiger partial charge is 0.311 e. The summed E-state index contributed by atoms with van der Waals surface area (Å²) in [5.41, 5.74) is 2.36. The largest absolute Gasteiger partial charge is 0.497 e. The number of methoxy groups -OCH3 is 2. The molecule has 164 valence electrons. The summed E-state index contributed by atoms with van der Waals surface area (Å²) in [7, 11) is 3.00. The van der Waals surface area contributed by atoms with Crippen molar-refractivity contribution in [2.75, 3.05) is 37.6 Å². The first kappa shape index (κ1) is 22.1. The predicted molar refractivity (Wildman–Crippen MR) is 115 cm³/mol. The predicted octanol–water partition coefficient (Wildman–Crippen LogP) is 2.80. The molecule has 1 saturated heterocycles. The normalized spacial score (nSPS) is 15.5. The summed E-state index contributed by atoms with van der Waals surface area (Å²) in [4.78, 5) is 38.6. The van der Waals surface area contributed by atoms with E-state index in [-0.39, 0.29) is 18.9 Å². The first-order chi connectivity index (χ1) is 14.9. The van der Waals surface area contributed by atoms with Gasteiger partial charge in [-0.05, 0) is 36.2 Å². The van der Waals surface area contributed by atoms with Gasteiger partial charge in [-0.15, -0.1) is 0 Å².